The second kappa shape index (κ2) is 4.63. The highest BCUT2D eigenvalue weighted by atomic mass is 16.2. The summed E-state index contributed by atoms with van der Waals surface area (Å²) in [5.74, 6) is 0.896. The Labute approximate surface area is 87.0 Å². The third kappa shape index (κ3) is 2.60. The first kappa shape index (κ1) is 11.3. The summed E-state index contributed by atoms with van der Waals surface area (Å²) in [7, 11) is 0. The van der Waals surface area contributed by atoms with Gasteiger partial charge in [0.1, 0.15) is 0 Å². The molecule has 1 aliphatic rings. The molecule has 0 aromatic carbocycles. The lowest BCUT2D eigenvalue weighted by atomic mass is 10.0. The Bertz CT molecular complexity index is 241. The van der Waals surface area contributed by atoms with Crippen molar-refractivity contribution in [1.29, 1.82) is 0 Å². The van der Waals surface area contributed by atoms with E-state index in [-0.39, 0.29) is 5.91 Å². The minimum Gasteiger partial charge on any atom is -0.336 e. The predicted molar refractivity (Wildman–Crippen MR) is 59.0 cm³/mol. The highest BCUT2D eigenvalue weighted by Gasteiger charge is 2.30. The van der Waals surface area contributed by atoms with E-state index in [1.165, 1.54) is 12.8 Å². The van der Waals surface area contributed by atoms with Gasteiger partial charge in [0.15, 0.2) is 0 Å². The van der Waals surface area contributed by atoms with Crippen LogP contribution >= 0.6 is 0 Å². The lowest BCUT2D eigenvalue weighted by molar-refractivity contribution is -0.126. The zero-order valence-electron chi connectivity index (χ0n) is 9.71. The summed E-state index contributed by atoms with van der Waals surface area (Å²) >= 11 is 0. The summed E-state index contributed by atoms with van der Waals surface area (Å²) in [6.07, 6.45) is 4.09. The zero-order chi connectivity index (χ0) is 10.7. The average molecular weight is 195 g/mol. The number of rotatable bonds is 2. The van der Waals surface area contributed by atoms with Gasteiger partial charge in [-0.1, -0.05) is 18.9 Å². The molecule has 0 aromatic rings. The molecule has 1 aliphatic heterocycles. The maximum Gasteiger partial charge on any atom is 0.246 e. The fraction of sp³-hybridized carbons (Fsp3) is 0.750. The van der Waals surface area contributed by atoms with Crippen molar-refractivity contribution >= 4 is 5.91 Å². The number of carbonyl (C=O) groups excluding carboxylic acids is 1. The molecule has 0 aliphatic carbocycles. The molecular weight excluding hydrogens is 174 g/mol. The van der Waals surface area contributed by atoms with Gasteiger partial charge >= 0.3 is 0 Å². The minimum absolute atomic E-state index is 0.188. The van der Waals surface area contributed by atoms with E-state index in [1.807, 2.05) is 18.7 Å². The van der Waals surface area contributed by atoms with Gasteiger partial charge in [0.05, 0.1) is 0 Å². The third-order valence-corrected chi connectivity index (χ3v) is 2.93. The fourth-order valence-electron chi connectivity index (χ4n) is 2.08. The van der Waals surface area contributed by atoms with Gasteiger partial charge in [-0.3, -0.25) is 4.79 Å². The van der Waals surface area contributed by atoms with E-state index in [0.29, 0.717) is 12.0 Å². The van der Waals surface area contributed by atoms with Gasteiger partial charge in [-0.05, 0) is 33.1 Å². The summed E-state index contributed by atoms with van der Waals surface area (Å²) < 4.78 is 0. The van der Waals surface area contributed by atoms with Crippen LogP contribution in [0.5, 0.6) is 0 Å². The van der Waals surface area contributed by atoms with Gasteiger partial charge in [-0.25, -0.2) is 0 Å². The molecule has 2 heteroatoms. The highest BCUT2D eigenvalue weighted by molar-refractivity contribution is 5.88. The lowest BCUT2D eigenvalue weighted by Crippen LogP contribution is -2.32. The normalized spacial score (nSPS) is 26.4. The van der Waals surface area contributed by atoms with Crippen LogP contribution in [0.2, 0.25) is 0 Å². The Kier molecular flexibility index (Phi) is 3.73. The zero-order valence-corrected chi connectivity index (χ0v) is 9.71. The Balaban J connectivity index is 2.61. The number of likely N-dealkylation sites (tertiary alicyclic amines) is 1. The molecule has 0 saturated carbocycles. The van der Waals surface area contributed by atoms with Crippen LogP contribution in [0.3, 0.4) is 0 Å². The van der Waals surface area contributed by atoms with Gasteiger partial charge < -0.3 is 4.90 Å². The van der Waals surface area contributed by atoms with Crippen LogP contribution in [0.1, 0.15) is 40.5 Å². The Morgan fingerprint density at radius 3 is 2.57 bits per heavy atom. The number of carbonyl (C=O) groups is 1. The van der Waals surface area contributed by atoms with E-state index in [1.54, 1.807) is 6.08 Å². The first-order chi connectivity index (χ1) is 6.54. The molecule has 0 bridgehead atoms. The van der Waals surface area contributed by atoms with Gasteiger partial charge in [0, 0.05) is 18.7 Å². The number of amides is 1. The molecule has 80 valence electrons. The monoisotopic (exact) mass is 195 g/mol. The summed E-state index contributed by atoms with van der Waals surface area (Å²) in [6.45, 7) is 9.23. The number of allylic oxidation sites excluding steroid dienone is 1. The maximum atomic E-state index is 11.8. The quantitative estimate of drug-likeness (QED) is 0.620. The summed E-state index contributed by atoms with van der Waals surface area (Å²) in [5.41, 5.74) is 1.09. The molecule has 1 rings (SSSR count). The van der Waals surface area contributed by atoms with E-state index < -0.39 is 0 Å². The van der Waals surface area contributed by atoms with E-state index in [9.17, 15) is 4.79 Å². The second-order valence-corrected chi connectivity index (χ2v) is 4.57. The molecular formula is C12H21NO. The van der Waals surface area contributed by atoms with Crippen molar-refractivity contribution in [2.45, 2.75) is 46.6 Å². The van der Waals surface area contributed by atoms with Crippen molar-refractivity contribution in [2.24, 2.45) is 5.92 Å². The van der Waals surface area contributed by atoms with E-state index in [4.69, 9.17) is 0 Å². The largest absolute Gasteiger partial charge is 0.336 e. The molecule has 2 unspecified atom stereocenters. The molecule has 1 heterocycles. The minimum atomic E-state index is 0.188. The summed E-state index contributed by atoms with van der Waals surface area (Å²) in [6, 6.07) is 0.419. The van der Waals surface area contributed by atoms with Crippen molar-refractivity contribution in [2.75, 3.05) is 6.54 Å². The molecule has 1 fully saturated rings. The first-order valence-corrected chi connectivity index (χ1v) is 5.50. The standard InChI is InChI=1S/C12H21NO/c1-5-11-7-10(4)13(8-11)12(14)6-9(2)3/h6,10-11H,5,7-8H2,1-4H3. The van der Waals surface area contributed by atoms with Gasteiger partial charge in [0.25, 0.3) is 0 Å². The topological polar surface area (TPSA) is 20.3 Å². The van der Waals surface area contributed by atoms with Crippen molar-refractivity contribution in [3.8, 4) is 0 Å². The van der Waals surface area contributed by atoms with Crippen molar-refractivity contribution in [3.05, 3.63) is 11.6 Å². The van der Waals surface area contributed by atoms with Crippen LogP contribution in [-0.4, -0.2) is 23.4 Å². The van der Waals surface area contributed by atoms with Crippen LogP contribution in [0.4, 0.5) is 0 Å². The number of hydrogen-bond acceptors (Lipinski definition) is 1. The molecule has 1 amide bonds. The molecule has 0 radical (unpaired) electrons. The van der Waals surface area contributed by atoms with Crippen LogP contribution < -0.4 is 0 Å². The van der Waals surface area contributed by atoms with E-state index in [0.717, 1.165) is 12.1 Å². The molecule has 1 saturated heterocycles. The Hall–Kier alpha value is -0.790. The first-order valence-electron chi connectivity index (χ1n) is 5.50. The van der Waals surface area contributed by atoms with E-state index >= 15 is 0 Å². The van der Waals surface area contributed by atoms with Crippen LogP contribution in [-0.2, 0) is 4.79 Å². The molecule has 2 nitrogen and oxygen atoms in total. The van der Waals surface area contributed by atoms with Crippen LogP contribution in [0.15, 0.2) is 11.6 Å². The fourth-order valence-corrected chi connectivity index (χ4v) is 2.08. The SMILES string of the molecule is CCC1CC(C)N(C(=O)C=C(C)C)C1. The van der Waals surface area contributed by atoms with Crippen LogP contribution in [0.25, 0.3) is 0 Å². The van der Waals surface area contributed by atoms with Crippen molar-refractivity contribution < 1.29 is 4.79 Å². The molecule has 2 atom stereocenters. The Morgan fingerprint density at radius 2 is 2.14 bits per heavy atom. The van der Waals surface area contributed by atoms with Gasteiger partial charge in [-0.2, -0.15) is 0 Å². The molecule has 14 heavy (non-hydrogen) atoms. The van der Waals surface area contributed by atoms with E-state index in [2.05, 4.69) is 13.8 Å². The highest BCUT2D eigenvalue weighted by Crippen LogP contribution is 2.25. The lowest BCUT2D eigenvalue weighted by Gasteiger charge is -2.19. The maximum absolute atomic E-state index is 11.8. The average Bonchev–Trinajstić information content (AvgIpc) is 2.45. The smallest absolute Gasteiger partial charge is 0.246 e. The molecule has 0 spiro atoms. The predicted octanol–water partition coefficient (Wildman–Crippen LogP) is 2.60. The van der Waals surface area contributed by atoms with Gasteiger partial charge in [-0.15, -0.1) is 0 Å². The number of hydrogen-bond donors (Lipinski definition) is 0. The van der Waals surface area contributed by atoms with Crippen molar-refractivity contribution in [1.82, 2.24) is 4.90 Å². The van der Waals surface area contributed by atoms with Gasteiger partial charge in [0.2, 0.25) is 5.91 Å². The van der Waals surface area contributed by atoms with Crippen molar-refractivity contribution in [3.63, 3.8) is 0 Å². The summed E-state index contributed by atoms with van der Waals surface area (Å²) in [5, 5.41) is 0. The number of nitrogens with zero attached hydrogens (tertiary/aromatic N) is 1. The van der Waals surface area contributed by atoms with Crippen LogP contribution in [0, 0.1) is 5.92 Å². The summed E-state index contributed by atoms with van der Waals surface area (Å²) in [4.78, 5) is 13.8. The molecule has 0 aromatic heterocycles. The Morgan fingerprint density at radius 1 is 1.50 bits per heavy atom. The third-order valence-electron chi connectivity index (χ3n) is 2.93. The second-order valence-electron chi connectivity index (χ2n) is 4.57. The molecule has 0 N–H and O–H groups in total.